The third-order valence-electron chi connectivity index (χ3n) is 2.34. The largest absolute Gasteiger partial charge is 0.314 e. The van der Waals surface area contributed by atoms with Crippen molar-refractivity contribution in [1.29, 1.82) is 0 Å². The maximum atomic E-state index is 3.65. The average Bonchev–Trinajstić information content (AvgIpc) is 2.13. The maximum absolute atomic E-state index is 3.65. The van der Waals surface area contributed by atoms with Crippen molar-refractivity contribution >= 4 is 11.8 Å². The van der Waals surface area contributed by atoms with Gasteiger partial charge in [-0.1, -0.05) is 20.8 Å². The standard InChI is InChI=1S/C12H27NS/c1-5-8-13-12(10-11(2)3)7-6-9-14-4/h11-13H,5-10H2,1-4H3. The molecule has 1 atom stereocenters. The van der Waals surface area contributed by atoms with Crippen LogP contribution in [-0.4, -0.2) is 24.6 Å². The lowest BCUT2D eigenvalue weighted by Gasteiger charge is -2.20. The quantitative estimate of drug-likeness (QED) is 0.593. The van der Waals surface area contributed by atoms with Gasteiger partial charge in [-0.3, -0.25) is 0 Å². The van der Waals surface area contributed by atoms with Crippen molar-refractivity contribution < 1.29 is 0 Å². The molecule has 0 aliphatic carbocycles. The lowest BCUT2D eigenvalue weighted by atomic mass is 10.00. The van der Waals surface area contributed by atoms with Gasteiger partial charge >= 0.3 is 0 Å². The van der Waals surface area contributed by atoms with Crippen LogP contribution in [0.2, 0.25) is 0 Å². The zero-order chi connectivity index (χ0) is 10.8. The molecular weight excluding hydrogens is 190 g/mol. The molecule has 0 amide bonds. The summed E-state index contributed by atoms with van der Waals surface area (Å²) < 4.78 is 0. The van der Waals surface area contributed by atoms with E-state index in [-0.39, 0.29) is 0 Å². The monoisotopic (exact) mass is 217 g/mol. The third-order valence-corrected chi connectivity index (χ3v) is 3.04. The molecule has 0 aliphatic rings. The molecule has 14 heavy (non-hydrogen) atoms. The van der Waals surface area contributed by atoms with E-state index in [0.29, 0.717) is 0 Å². The first-order valence-electron chi connectivity index (χ1n) is 5.93. The Morgan fingerprint density at radius 3 is 2.50 bits per heavy atom. The van der Waals surface area contributed by atoms with Crippen molar-refractivity contribution in [3.8, 4) is 0 Å². The topological polar surface area (TPSA) is 12.0 Å². The predicted molar refractivity (Wildman–Crippen MR) is 69.2 cm³/mol. The number of hydrogen-bond donors (Lipinski definition) is 1. The Balaban J connectivity index is 3.61. The summed E-state index contributed by atoms with van der Waals surface area (Å²) in [6.45, 7) is 8.04. The Labute approximate surface area is 94.4 Å². The summed E-state index contributed by atoms with van der Waals surface area (Å²) >= 11 is 1.96. The van der Waals surface area contributed by atoms with Gasteiger partial charge in [0.2, 0.25) is 0 Å². The summed E-state index contributed by atoms with van der Waals surface area (Å²) in [4.78, 5) is 0. The van der Waals surface area contributed by atoms with Crippen LogP contribution in [0.3, 0.4) is 0 Å². The molecule has 2 heteroatoms. The van der Waals surface area contributed by atoms with E-state index in [0.717, 1.165) is 12.0 Å². The zero-order valence-electron chi connectivity index (χ0n) is 10.3. The average molecular weight is 217 g/mol. The third kappa shape index (κ3) is 8.89. The van der Waals surface area contributed by atoms with E-state index in [2.05, 4.69) is 32.3 Å². The van der Waals surface area contributed by atoms with Crippen LogP contribution in [0.1, 0.15) is 46.5 Å². The fourth-order valence-corrected chi connectivity index (χ4v) is 2.15. The lowest BCUT2D eigenvalue weighted by Crippen LogP contribution is -2.31. The fourth-order valence-electron chi connectivity index (χ4n) is 1.69. The van der Waals surface area contributed by atoms with Crippen LogP contribution < -0.4 is 5.32 Å². The first-order chi connectivity index (χ1) is 6.70. The van der Waals surface area contributed by atoms with E-state index in [9.17, 15) is 0 Å². The fraction of sp³-hybridized carbons (Fsp3) is 1.00. The van der Waals surface area contributed by atoms with Gasteiger partial charge in [0.25, 0.3) is 0 Å². The molecule has 0 aromatic carbocycles. The predicted octanol–water partition coefficient (Wildman–Crippen LogP) is 3.54. The van der Waals surface area contributed by atoms with Crippen molar-refractivity contribution in [2.75, 3.05) is 18.6 Å². The molecule has 86 valence electrons. The van der Waals surface area contributed by atoms with Gasteiger partial charge in [0.1, 0.15) is 0 Å². The van der Waals surface area contributed by atoms with Crippen molar-refractivity contribution in [1.82, 2.24) is 5.32 Å². The Kier molecular flexibility index (Phi) is 10.1. The second-order valence-electron chi connectivity index (χ2n) is 4.42. The van der Waals surface area contributed by atoms with Crippen molar-refractivity contribution in [2.24, 2.45) is 5.92 Å². The molecule has 0 fully saturated rings. The molecule has 0 spiro atoms. The van der Waals surface area contributed by atoms with E-state index in [4.69, 9.17) is 0 Å². The van der Waals surface area contributed by atoms with Gasteiger partial charge in [-0.25, -0.2) is 0 Å². The van der Waals surface area contributed by atoms with Crippen molar-refractivity contribution in [3.63, 3.8) is 0 Å². The molecule has 0 rings (SSSR count). The summed E-state index contributed by atoms with van der Waals surface area (Å²) in [6.07, 6.45) is 7.47. The molecule has 0 radical (unpaired) electrons. The Hall–Kier alpha value is 0.310. The number of rotatable bonds is 9. The molecular formula is C12H27NS. The Morgan fingerprint density at radius 1 is 1.29 bits per heavy atom. The summed E-state index contributed by atoms with van der Waals surface area (Å²) in [6, 6.07) is 0.752. The number of nitrogens with one attached hydrogen (secondary N) is 1. The molecule has 0 saturated heterocycles. The normalized spacial score (nSPS) is 13.5. The first-order valence-corrected chi connectivity index (χ1v) is 7.32. The molecule has 0 saturated carbocycles. The van der Waals surface area contributed by atoms with Gasteiger partial charge < -0.3 is 5.32 Å². The van der Waals surface area contributed by atoms with Gasteiger partial charge in [-0.2, -0.15) is 11.8 Å². The van der Waals surface area contributed by atoms with Crippen LogP contribution in [0.4, 0.5) is 0 Å². The molecule has 1 unspecified atom stereocenters. The van der Waals surface area contributed by atoms with Crippen LogP contribution in [-0.2, 0) is 0 Å². The second kappa shape index (κ2) is 9.85. The molecule has 0 aromatic rings. The minimum atomic E-state index is 0.752. The highest BCUT2D eigenvalue weighted by atomic mass is 32.2. The molecule has 0 aliphatic heterocycles. The highest BCUT2D eigenvalue weighted by Crippen LogP contribution is 2.11. The first kappa shape index (κ1) is 14.3. The maximum Gasteiger partial charge on any atom is 0.00697 e. The van der Waals surface area contributed by atoms with E-state index in [1.165, 1.54) is 38.0 Å². The second-order valence-corrected chi connectivity index (χ2v) is 5.40. The molecule has 1 N–H and O–H groups in total. The molecule has 0 aromatic heterocycles. The Bertz CT molecular complexity index is 115. The molecule has 1 nitrogen and oxygen atoms in total. The summed E-state index contributed by atoms with van der Waals surface area (Å²) in [5, 5.41) is 3.65. The van der Waals surface area contributed by atoms with Gasteiger partial charge in [-0.05, 0) is 50.2 Å². The van der Waals surface area contributed by atoms with E-state index in [1.807, 2.05) is 11.8 Å². The van der Waals surface area contributed by atoms with Crippen LogP contribution in [0.15, 0.2) is 0 Å². The number of thioether (sulfide) groups is 1. The van der Waals surface area contributed by atoms with Crippen molar-refractivity contribution in [3.05, 3.63) is 0 Å². The molecule has 0 heterocycles. The van der Waals surface area contributed by atoms with Gasteiger partial charge in [-0.15, -0.1) is 0 Å². The zero-order valence-corrected chi connectivity index (χ0v) is 11.1. The summed E-state index contributed by atoms with van der Waals surface area (Å²) in [7, 11) is 0. The smallest absolute Gasteiger partial charge is 0.00697 e. The highest BCUT2D eigenvalue weighted by molar-refractivity contribution is 7.98. The minimum absolute atomic E-state index is 0.752. The van der Waals surface area contributed by atoms with Crippen LogP contribution in [0.5, 0.6) is 0 Å². The number of hydrogen-bond acceptors (Lipinski definition) is 2. The van der Waals surface area contributed by atoms with Crippen LogP contribution >= 0.6 is 11.8 Å². The molecule has 0 bridgehead atoms. The highest BCUT2D eigenvalue weighted by Gasteiger charge is 2.08. The van der Waals surface area contributed by atoms with Crippen LogP contribution in [0.25, 0.3) is 0 Å². The van der Waals surface area contributed by atoms with Gasteiger partial charge in [0.05, 0.1) is 0 Å². The van der Waals surface area contributed by atoms with Gasteiger partial charge in [0.15, 0.2) is 0 Å². The van der Waals surface area contributed by atoms with E-state index in [1.54, 1.807) is 0 Å². The lowest BCUT2D eigenvalue weighted by molar-refractivity contribution is 0.396. The van der Waals surface area contributed by atoms with Gasteiger partial charge in [0, 0.05) is 6.04 Å². The van der Waals surface area contributed by atoms with E-state index < -0.39 is 0 Å². The van der Waals surface area contributed by atoms with E-state index >= 15 is 0 Å². The van der Waals surface area contributed by atoms with Crippen molar-refractivity contribution in [2.45, 2.75) is 52.5 Å². The minimum Gasteiger partial charge on any atom is -0.314 e. The van der Waals surface area contributed by atoms with Crippen LogP contribution in [0, 0.1) is 5.92 Å². The summed E-state index contributed by atoms with van der Waals surface area (Å²) in [5.41, 5.74) is 0. The Morgan fingerprint density at radius 2 is 2.00 bits per heavy atom. The summed E-state index contributed by atoms with van der Waals surface area (Å²) in [5.74, 6) is 2.13. The SMILES string of the molecule is CCCNC(CCCSC)CC(C)C.